The van der Waals surface area contributed by atoms with E-state index < -0.39 is 18.0 Å². The van der Waals surface area contributed by atoms with Gasteiger partial charge in [0.2, 0.25) is 5.91 Å². The van der Waals surface area contributed by atoms with Crippen LogP contribution in [0.4, 0.5) is 20.6 Å². The molecule has 0 bridgehead atoms. The maximum absolute atomic E-state index is 15.2. The van der Waals surface area contributed by atoms with Crippen molar-refractivity contribution in [3.63, 3.8) is 0 Å². The van der Waals surface area contributed by atoms with Crippen molar-refractivity contribution in [2.24, 2.45) is 0 Å². The van der Waals surface area contributed by atoms with E-state index in [0.29, 0.717) is 35.7 Å². The number of amides is 3. The first-order chi connectivity index (χ1) is 15.8. The fourth-order valence-corrected chi connectivity index (χ4v) is 4.21. The zero-order valence-electron chi connectivity index (χ0n) is 18.6. The molecule has 0 saturated carbocycles. The number of nitrogens with zero attached hydrogens (tertiary/aromatic N) is 2. The Labute approximate surface area is 190 Å². The minimum atomic E-state index is -0.587. The Morgan fingerprint density at radius 1 is 1.24 bits per heavy atom. The summed E-state index contributed by atoms with van der Waals surface area (Å²) in [6.07, 6.45) is 2.49. The van der Waals surface area contributed by atoms with Gasteiger partial charge in [0.05, 0.1) is 36.3 Å². The van der Waals surface area contributed by atoms with Crippen LogP contribution in [0.25, 0.3) is 0 Å². The number of furan rings is 1. The minimum Gasteiger partial charge on any atom is -0.469 e. The molecule has 2 fully saturated rings. The highest BCUT2D eigenvalue weighted by molar-refractivity contribution is 5.95. The van der Waals surface area contributed by atoms with Crippen molar-refractivity contribution in [1.29, 1.82) is 0 Å². The maximum atomic E-state index is 15.2. The number of carbonyl (C=O) groups is 3. The number of cyclic esters (lactones) is 1. The number of carbonyl (C=O) groups excluding carboxylic acids is 3. The van der Waals surface area contributed by atoms with Gasteiger partial charge in [-0.1, -0.05) is 0 Å². The Bertz CT molecular complexity index is 1060. The first kappa shape index (κ1) is 22.6. The fourth-order valence-electron chi connectivity index (χ4n) is 4.21. The molecule has 176 valence electrons. The van der Waals surface area contributed by atoms with Gasteiger partial charge < -0.3 is 24.7 Å². The number of piperidine rings is 1. The van der Waals surface area contributed by atoms with Gasteiger partial charge in [-0.25, -0.2) is 9.18 Å². The maximum Gasteiger partial charge on any atom is 0.414 e. The molecule has 2 aromatic rings. The Hall–Kier alpha value is -3.56. The summed E-state index contributed by atoms with van der Waals surface area (Å²) in [4.78, 5) is 39.2. The van der Waals surface area contributed by atoms with Gasteiger partial charge in [0.1, 0.15) is 23.8 Å². The van der Waals surface area contributed by atoms with Crippen LogP contribution in [-0.2, 0) is 9.53 Å². The van der Waals surface area contributed by atoms with Gasteiger partial charge in [-0.3, -0.25) is 14.5 Å². The molecule has 2 aliphatic rings. The van der Waals surface area contributed by atoms with Crippen molar-refractivity contribution in [2.45, 2.75) is 45.4 Å². The highest BCUT2D eigenvalue weighted by Crippen LogP contribution is 2.31. The van der Waals surface area contributed by atoms with Gasteiger partial charge in [-0.2, -0.15) is 0 Å². The lowest BCUT2D eigenvalue weighted by molar-refractivity contribution is -0.119. The summed E-state index contributed by atoms with van der Waals surface area (Å²) in [6.45, 7) is 4.11. The first-order valence-electron chi connectivity index (χ1n) is 11.0. The number of rotatable bonds is 6. The van der Waals surface area contributed by atoms with Crippen LogP contribution in [0.5, 0.6) is 0 Å². The van der Waals surface area contributed by atoms with E-state index in [1.165, 1.54) is 24.2 Å². The van der Waals surface area contributed by atoms with E-state index in [0.717, 1.165) is 12.8 Å². The number of anilines is 2. The second-order valence-electron chi connectivity index (χ2n) is 8.26. The first-order valence-corrected chi connectivity index (χ1v) is 11.0. The van der Waals surface area contributed by atoms with Crippen LogP contribution in [-0.4, -0.2) is 49.8 Å². The van der Waals surface area contributed by atoms with E-state index in [9.17, 15) is 14.4 Å². The zero-order valence-corrected chi connectivity index (χ0v) is 18.6. The molecule has 0 aliphatic carbocycles. The van der Waals surface area contributed by atoms with E-state index in [1.807, 2.05) is 4.90 Å². The summed E-state index contributed by atoms with van der Waals surface area (Å²) in [5, 5.41) is 5.60. The van der Waals surface area contributed by atoms with Crippen LogP contribution < -0.4 is 20.4 Å². The van der Waals surface area contributed by atoms with Gasteiger partial charge in [0.25, 0.3) is 5.91 Å². The Balaban J connectivity index is 1.48. The quantitative estimate of drug-likeness (QED) is 0.690. The van der Waals surface area contributed by atoms with Gasteiger partial charge in [-0.05, 0) is 50.5 Å². The molecule has 3 heterocycles. The number of ether oxygens (including phenoxy) is 1. The molecule has 2 N–H and O–H groups in total. The van der Waals surface area contributed by atoms with Crippen molar-refractivity contribution in [2.75, 3.05) is 29.4 Å². The lowest BCUT2D eigenvalue weighted by Gasteiger charge is -2.38. The molecule has 2 aliphatic heterocycles. The third-order valence-electron chi connectivity index (χ3n) is 5.91. The molecule has 33 heavy (non-hydrogen) atoms. The normalized spacial score (nSPS) is 20.5. The van der Waals surface area contributed by atoms with E-state index in [4.69, 9.17) is 9.15 Å². The second-order valence-corrected chi connectivity index (χ2v) is 8.26. The van der Waals surface area contributed by atoms with Gasteiger partial charge in [0, 0.05) is 13.5 Å². The number of aryl methyl sites for hydroxylation is 1. The van der Waals surface area contributed by atoms with Crippen LogP contribution in [0.15, 0.2) is 34.9 Å². The third kappa shape index (κ3) is 4.94. The SMILES string of the molecule is CC(=O)NC[C@H]1CN(c2ccc(N3CCCC[C@H]3NC(=O)c3ccoc3C)c(F)c2)C(=O)O1. The van der Waals surface area contributed by atoms with E-state index in [-0.39, 0.29) is 31.1 Å². The van der Waals surface area contributed by atoms with Crippen molar-refractivity contribution < 1.29 is 27.9 Å². The monoisotopic (exact) mass is 458 g/mol. The predicted octanol–water partition coefficient (Wildman–Crippen LogP) is 2.93. The Morgan fingerprint density at radius 2 is 2.06 bits per heavy atom. The fraction of sp³-hybridized carbons (Fsp3) is 0.435. The molecule has 10 heteroatoms. The molecule has 3 amide bonds. The molecule has 2 atom stereocenters. The summed E-state index contributed by atoms with van der Waals surface area (Å²) in [7, 11) is 0. The average molecular weight is 458 g/mol. The molecule has 4 rings (SSSR count). The van der Waals surface area contributed by atoms with E-state index in [2.05, 4.69) is 10.6 Å². The van der Waals surface area contributed by atoms with Gasteiger partial charge in [0.15, 0.2) is 0 Å². The molecule has 0 radical (unpaired) electrons. The molecule has 0 spiro atoms. The smallest absolute Gasteiger partial charge is 0.414 e. The predicted molar refractivity (Wildman–Crippen MR) is 119 cm³/mol. The number of nitrogens with one attached hydrogen (secondary N) is 2. The van der Waals surface area contributed by atoms with Crippen LogP contribution in [0.1, 0.15) is 42.3 Å². The standard InChI is InChI=1S/C23H27FN4O5/c1-14-18(8-10-32-14)22(30)26-21-5-3-4-9-27(21)20-7-6-16(11-19(20)24)28-13-17(33-23(28)31)12-25-15(2)29/h6-8,10-11,17,21H,3-5,9,12-13H2,1-2H3,(H,25,29)(H,26,30)/t17-,21-/m0/s1. The Kier molecular flexibility index (Phi) is 6.52. The van der Waals surface area contributed by atoms with Crippen molar-refractivity contribution in [1.82, 2.24) is 10.6 Å². The van der Waals surface area contributed by atoms with E-state index in [1.54, 1.807) is 25.1 Å². The summed E-state index contributed by atoms with van der Waals surface area (Å²) in [6, 6.07) is 6.19. The number of halogens is 1. The summed E-state index contributed by atoms with van der Waals surface area (Å²) < 4.78 is 25.7. The molecule has 1 aromatic heterocycles. The largest absolute Gasteiger partial charge is 0.469 e. The highest BCUT2D eigenvalue weighted by atomic mass is 19.1. The average Bonchev–Trinajstić information content (AvgIpc) is 3.38. The molecule has 0 unspecified atom stereocenters. The third-order valence-corrected chi connectivity index (χ3v) is 5.91. The molecular weight excluding hydrogens is 431 g/mol. The minimum absolute atomic E-state index is 0.198. The van der Waals surface area contributed by atoms with Crippen LogP contribution >= 0.6 is 0 Å². The van der Waals surface area contributed by atoms with Crippen LogP contribution in [0, 0.1) is 12.7 Å². The summed E-state index contributed by atoms with van der Waals surface area (Å²) in [5.74, 6) is -0.447. The topological polar surface area (TPSA) is 104 Å². The highest BCUT2D eigenvalue weighted by Gasteiger charge is 2.33. The van der Waals surface area contributed by atoms with Crippen molar-refractivity contribution in [3.05, 3.63) is 47.7 Å². The molecule has 9 nitrogen and oxygen atoms in total. The number of hydrogen-bond donors (Lipinski definition) is 2. The van der Waals surface area contributed by atoms with Crippen LogP contribution in [0.2, 0.25) is 0 Å². The lowest BCUT2D eigenvalue weighted by Crippen LogP contribution is -2.51. The molecule has 2 saturated heterocycles. The molecule has 1 aromatic carbocycles. The van der Waals surface area contributed by atoms with Crippen molar-refractivity contribution >= 4 is 29.3 Å². The second kappa shape index (κ2) is 9.51. The lowest BCUT2D eigenvalue weighted by atomic mass is 10.1. The van der Waals surface area contributed by atoms with Gasteiger partial charge in [-0.15, -0.1) is 0 Å². The van der Waals surface area contributed by atoms with Gasteiger partial charge >= 0.3 is 6.09 Å². The Morgan fingerprint density at radius 3 is 2.76 bits per heavy atom. The molecular formula is C23H27FN4O5. The van der Waals surface area contributed by atoms with Crippen molar-refractivity contribution in [3.8, 4) is 0 Å². The summed E-state index contributed by atoms with van der Waals surface area (Å²) >= 11 is 0. The van der Waals surface area contributed by atoms with E-state index >= 15 is 4.39 Å². The van der Waals surface area contributed by atoms with Crippen LogP contribution in [0.3, 0.4) is 0 Å². The zero-order chi connectivity index (χ0) is 23.5. The number of benzene rings is 1. The number of hydrogen-bond acceptors (Lipinski definition) is 6. The summed E-state index contributed by atoms with van der Waals surface area (Å²) in [5.41, 5.74) is 1.19.